The fourth-order valence-electron chi connectivity index (χ4n) is 1.17. The van der Waals surface area contributed by atoms with Gasteiger partial charge in [-0.15, -0.1) is 11.3 Å². The third-order valence-corrected chi connectivity index (χ3v) is 2.93. The SMILES string of the molecule is CNc1nc(-c2cccc(Cl)c2)cs1. The van der Waals surface area contributed by atoms with Gasteiger partial charge in [-0.25, -0.2) is 4.98 Å². The monoisotopic (exact) mass is 224 g/mol. The Morgan fingerprint density at radius 2 is 2.29 bits per heavy atom. The maximum Gasteiger partial charge on any atom is 0.182 e. The summed E-state index contributed by atoms with van der Waals surface area (Å²) in [5.41, 5.74) is 2.01. The lowest BCUT2D eigenvalue weighted by Gasteiger charge is -1.96. The summed E-state index contributed by atoms with van der Waals surface area (Å²) in [6, 6.07) is 7.70. The van der Waals surface area contributed by atoms with Crippen LogP contribution in [0.3, 0.4) is 0 Å². The molecule has 1 N–H and O–H groups in total. The number of thiazole rings is 1. The van der Waals surface area contributed by atoms with Crippen molar-refractivity contribution in [3.8, 4) is 11.3 Å². The summed E-state index contributed by atoms with van der Waals surface area (Å²) in [6.45, 7) is 0. The Balaban J connectivity index is 2.39. The second kappa shape index (κ2) is 3.98. The number of nitrogens with one attached hydrogen (secondary N) is 1. The van der Waals surface area contributed by atoms with Gasteiger partial charge in [-0.1, -0.05) is 23.7 Å². The third kappa shape index (κ3) is 1.89. The fourth-order valence-corrected chi connectivity index (χ4v) is 2.04. The van der Waals surface area contributed by atoms with Crippen LogP contribution in [0.25, 0.3) is 11.3 Å². The largest absolute Gasteiger partial charge is 0.365 e. The zero-order valence-electron chi connectivity index (χ0n) is 7.62. The molecule has 0 aliphatic carbocycles. The van der Waals surface area contributed by atoms with E-state index in [1.807, 2.05) is 36.7 Å². The van der Waals surface area contributed by atoms with E-state index in [1.54, 1.807) is 11.3 Å². The van der Waals surface area contributed by atoms with Crippen LogP contribution in [0, 0.1) is 0 Å². The van der Waals surface area contributed by atoms with Gasteiger partial charge in [-0.05, 0) is 12.1 Å². The number of halogens is 1. The highest BCUT2D eigenvalue weighted by molar-refractivity contribution is 7.14. The Bertz CT molecular complexity index is 439. The molecule has 2 rings (SSSR count). The van der Waals surface area contributed by atoms with Gasteiger partial charge in [0.1, 0.15) is 0 Å². The van der Waals surface area contributed by atoms with Gasteiger partial charge in [0.2, 0.25) is 0 Å². The van der Waals surface area contributed by atoms with Crippen molar-refractivity contribution in [2.45, 2.75) is 0 Å². The molecule has 0 amide bonds. The zero-order valence-corrected chi connectivity index (χ0v) is 9.19. The van der Waals surface area contributed by atoms with E-state index in [4.69, 9.17) is 11.6 Å². The molecule has 1 heterocycles. The van der Waals surface area contributed by atoms with Crippen molar-refractivity contribution in [2.75, 3.05) is 12.4 Å². The minimum Gasteiger partial charge on any atom is -0.365 e. The average Bonchev–Trinajstić information content (AvgIpc) is 2.66. The van der Waals surface area contributed by atoms with E-state index < -0.39 is 0 Å². The molecule has 0 bridgehead atoms. The predicted octanol–water partition coefficient (Wildman–Crippen LogP) is 3.51. The van der Waals surface area contributed by atoms with E-state index in [9.17, 15) is 0 Å². The minimum atomic E-state index is 0.738. The second-order valence-electron chi connectivity index (χ2n) is 2.80. The molecule has 2 aromatic rings. The van der Waals surface area contributed by atoms with Crippen LogP contribution in [0.4, 0.5) is 5.13 Å². The van der Waals surface area contributed by atoms with Gasteiger partial charge in [0, 0.05) is 23.0 Å². The van der Waals surface area contributed by atoms with E-state index in [1.165, 1.54) is 0 Å². The molecule has 0 atom stereocenters. The Morgan fingerprint density at radius 3 is 2.93 bits per heavy atom. The standard InChI is InChI=1S/C10H9ClN2S/c1-12-10-13-9(6-14-10)7-3-2-4-8(11)5-7/h2-6H,1H3,(H,12,13). The third-order valence-electron chi connectivity index (χ3n) is 1.84. The molecule has 72 valence electrons. The van der Waals surface area contributed by atoms with Gasteiger partial charge in [0.25, 0.3) is 0 Å². The van der Waals surface area contributed by atoms with Gasteiger partial charge in [0.15, 0.2) is 5.13 Å². The molecule has 0 aliphatic rings. The fraction of sp³-hybridized carbons (Fsp3) is 0.100. The first-order chi connectivity index (χ1) is 6.79. The molecule has 4 heteroatoms. The van der Waals surface area contributed by atoms with Crippen molar-refractivity contribution < 1.29 is 0 Å². The Labute approximate surface area is 91.6 Å². The van der Waals surface area contributed by atoms with E-state index in [2.05, 4.69) is 10.3 Å². The topological polar surface area (TPSA) is 24.9 Å². The van der Waals surface area contributed by atoms with E-state index >= 15 is 0 Å². The van der Waals surface area contributed by atoms with Gasteiger partial charge < -0.3 is 5.32 Å². The lowest BCUT2D eigenvalue weighted by Crippen LogP contribution is -1.85. The summed E-state index contributed by atoms with van der Waals surface area (Å²) < 4.78 is 0. The summed E-state index contributed by atoms with van der Waals surface area (Å²) in [7, 11) is 1.86. The van der Waals surface area contributed by atoms with Crippen LogP contribution in [0.5, 0.6) is 0 Å². The summed E-state index contributed by atoms with van der Waals surface area (Å²) in [4.78, 5) is 4.39. The molecule has 0 saturated carbocycles. The molecule has 0 spiro atoms. The van der Waals surface area contributed by atoms with Crippen LogP contribution in [0.2, 0.25) is 5.02 Å². The molecule has 1 aromatic heterocycles. The molecular weight excluding hydrogens is 216 g/mol. The zero-order chi connectivity index (χ0) is 9.97. The molecule has 0 fully saturated rings. The van der Waals surface area contributed by atoms with Gasteiger partial charge in [-0.3, -0.25) is 0 Å². The van der Waals surface area contributed by atoms with Crippen molar-refractivity contribution in [1.82, 2.24) is 4.98 Å². The molecule has 0 saturated heterocycles. The summed E-state index contributed by atoms with van der Waals surface area (Å²) >= 11 is 7.48. The summed E-state index contributed by atoms with van der Waals surface area (Å²) in [5, 5.41) is 6.67. The highest BCUT2D eigenvalue weighted by Gasteiger charge is 2.02. The smallest absolute Gasteiger partial charge is 0.182 e. The molecule has 0 radical (unpaired) electrons. The van der Waals surface area contributed by atoms with Crippen LogP contribution < -0.4 is 5.32 Å². The number of nitrogens with zero attached hydrogens (tertiary/aromatic N) is 1. The van der Waals surface area contributed by atoms with Crippen LogP contribution in [-0.2, 0) is 0 Å². The Morgan fingerprint density at radius 1 is 1.43 bits per heavy atom. The van der Waals surface area contributed by atoms with Crippen molar-refractivity contribution in [1.29, 1.82) is 0 Å². The molecule has 1 aromatic carbocycles. The van der Waals surface area contributed by atoms with Crippen molar-refractivity contribution in [3.05, 3.63) is 34.7 Å². The minimum absolute atomic E-state index is 0.738. The van der Waals surface area contributed by atoms with E-state index in [0.717, 1.165) is 21.4 Å². The van der Waals surface area contributed by atoms with Crippen LogP contribution in [0.1, 0.15) is 0 Å². The van der Waals surface area contributed by atoms with Gasteiger partial charge >= 0.3 is 0 Å². The summed E-state index contributed by atoms with van der Waals surface area (Å²) in [6.07, 6.45) is 0. The highest BCUT2D eigenvalue weighted by Crippen LogP contribution is 2.26. The predicted molar refractivity (Wildman–Crippen MR) is 62.1 cm³/mol. The van der Waals surface area contributed by atoms with Crippen molar-refractivity contribution in [3.63, 3.8) is 0 Å². The van der Waals surface area contributed by atoms with Crippen molar-refractivity contribution in [2.24, 2.45) is 0 Å². The van der Waals surface area contributed by atoms with Gasteiger partial charge in [-0.2, -0.15) is 0 Å². The van der Waals surface area contributed by atoms with Crippen molar-refractivity contribution >= 4 is 28.1 Å². The first kappa shape index (κ1) is 9.49. The lowest BCUT2D eigenvalue weighted by molar-refractivity contribution is 1.36. The van der Waals surface area contributed by atoms with Crippen LogP contribution in [-0.4, -0.2) is 12.0 Å². The van der Waals surface area contributed by atoms with E-state index in [0.29, 0.717) is 0 Å². The Kier molecular flexibility index (Phi) is 2.70. The number of aromatic nitrogens is 1. The number of hydrogen-bond acceptors (Lipinski definition) is 3. The number of benzene rings is 1. The van der Waals surface area contributed by atoms with E-state index in [-0.39, 0.29) is 0 Å². The van der Waals surface area contributed by atoms with Crippen LogP contribution >= 0.6 is 22.9 Å². The Hall–Kier alpha value is -1.06. The number of hydrogen-bond donors (Lipinski definition) is 1. The number of anilines is 1. The highest BCUT2D eigenvalue weighted by atomic mass is 35.5. The molecular formula is C10H9ClN2S. The maximum atomic E-state index is 5.90. The normalized spacial score (nSPS) is 10.1. The first-order valence-electron chi connectivity index (χ1n) is 4.19. The summed E-state index contributed by atoms with van der Waals surface area (Å²) in [5.74, 6) is 0. The molecule has 0 aliphatic heterocycles. The maximum absolute atomic E-state index is 5.90. The molecule has 2 nitrogen and oxygen atoms in total. The quantitative estimate of drug-likeness (QED) is 0.845. The molecule has 0 unspecified atom stereocenters. The molecule has 14 heavy (non-hydrogen) atoms. The number of rotatable bonds is 2. The van der Waals surface area contributed by atoms with Crippen LogP contribution in [0.15, 0.2) is 29.6 Å². The second-order valence-corrected chi connectivity index (χ2v) is 4.09. The first-order valence-corrected chi connectivity index (χ1v) is 5.44. The lowest BCUT2D eigenvalue weighted by atomic mass is 10.2. The average molecular weight is 225 g/mol. The van der Waals surface area contributed by atoms with Gasteiger partial charge in [0.05, 0.1) is 5.69 Å².